The highest BCUT2D eigenvalue weighted by atomic mass is 19.1. The summed E-state index contributed by atoms with van der Waals surface area (Å²) in [6, 6.07) is 14.1. The second-order valence-electron chi connectivity index (χ2n) is 7.34. The summed E-state index contributed by atoms with van der Waals surface area (Å²) in [6.07, 6.45) is 1.04. The zero-order valence-electron chi connectivity index (χ0n) is 16.3. The molecule has 0 fully saturated rings. The molecule has 4 nitrogen and oxygen atoms in total. The van der Waals surface area contributed by atoms with Crippen molar-refractivity contribution >= 4 is 11.6 Å². The summed E-state index contributed by atoms with van der Waals surface area (Å²) in [5, 5.41) is 0. The van der Waals surface area contributed by atoms with E-state index in [0.717, 1.165) is 30.0 Å². The van der Waals surface area contributed by atoms with Gasteiger partial charge in [0.15, 0.2) is 0 Å². The van der Waals surface area contributed by atoms with Crippen molar-refractivity contribution in [2.75, 3.05) is 18.0 Å². The van der Waals surface area contributed by atoms with Gasteiger partial charge in [-0.2, -0.15) is 0 Å². The van der Waals surface area contributed by atoms with Gasteiger partial charge in [-0.05, 0) is 54.3 Å². The molecule has 0 saturated heterocycles. The quantitative estimate of drug-likeness (QED) is 0.673. The molecule has 0 aromatic heterocycles. The predicted molar refractivity (Wildman–Crippen MR) is 107 cm³/mol. The lowest BCUT2D eigenvalue weighted by molar-refractivity contribution is -0.121. The second kappa shape index (κ2) is 9.95. The number of nitrogens with two attached hydrogens (primary N) is 1. The van der Waals surface area contributed by atoms with Gasteiger partial charge in [0.1, 0.15) is 18.2 Å². The van der Waals surface area contributed by atoms with Gasteiger partial charge >= 0.3 is 0 Å². The Morgan fingerprint density at radius 1 is 1.07 bits per heavy atom. The molecule has 0 radical (unpaired) electrons. The van der Waals surface area contributed by atoms with Crippen LogP contribution >= 0.6 is 0 Å². The number of anilines is 1. The number of benzene rings is 2. The summed E-state index contributed by atoms with van der Waals surface area (Å²) in [6.45, 7) is 8.06. The van der Waals surface area contributed by atoms with Crippen molar-refractivity contribution in [1.29, 1.82) is 0 Å². The highest BCUT2D eigenvalue weighted by Crippen LogP contribution is 2.22. The molecule has 5 heteroatoms. The van der Waals surface area contributed by atoms with Gasteiger partial charge in [-0.1, -0.05) is 32.9 Å². The molecular formula is C22H29FN2O2. The van der Waals surface area contributed by atoms with Gasteiger partial charge in [-0.15, -0.1) is 0 Å². The SMILES string of the molecule is CC(C)CCN(CC(C)C(N)=O)c1ccc(OCc2ccc(F)cc2)cc1. The number of primary amides is 1. The lowest BCUT2D eigenvalue weighted by atomic mass is 10.1. The fraction of sp³-hybridized carbons (Fsp3) is 0.409. The van der Waals surface area contributed by atoms with Crippen LogP contribution in [0.25, 0.3) is 0 Å². The van der Waals surface area contributed by atoms with Gasteiger partial charge < -0.3 is 15.4 Å². The lowest BCUT2D eigenvalue weighted by Gasteiger charge is -2.28. The molecule has 0 heterocycles. The van der Waals surface area contributed by atoms with E-state index in [-0.39, 0.29) is 17.6 Å². The van der Waals surface area contributed by atoms with Gasteiger partial charge in [-0.25, -0.2) is 4.39 Å². The molecule has 0 aliphatic carbocycles. The number of ether oxygens (including phenoxy) is 1. The van der Waals surface area contributed by atoms with Gasteiger partial charge in [0, 0.05) is 18.8 Å². The third-order valence-corrected chi connectivity index (χ3v) is 4.48. The van der Waals surface area contributed by atoms with E-state index in [4.69, 9.17) is 10.5 Å². The van der Waals surface area contributed by atoms with Crippen LogP contribution in [0.1, 0.15) is 32.8 Å². The first kappa shape index (κ1) is 20.7. The Balaban J connectivity index is 2.01. The largest absolute Gasteiger partial charge is 0.489 e. The van der Waals surface area contributed by atoms with Crippen LogP contribution in [-0.2, 0) is 11.4 Å². The molecule has 0 saturated carbocycles. The molecule has 27 heavy (non-hydrogen) atoms. The van der Waals surface area contributed by atoms with Crippen LogP contribution in [0.2, 0.25) is 0 Å². The minimum atomic E-state index is -0.288. The molecule has 2 rings (SSSR count). The van der Waals surface area contributed by atoms with E-state index in [1.54, 1.807) is 12.1 Å². The maximum absolute atomic E-state index is 12.9. The van der Waals surface area contributed by atoms with Crippen LogP contribution < -0.4 is 15.4 Å². The van der Waals surface area contributed by atoms with Crippen LogP contribution in [0.5, 0.6) is 5.75 Å². The molecular weight excluding hydrogens is 343 g/mol. The minimum Gasteiger partial charge on any atom is -0.489 e. The molecule has 0 aliphatic rings. The molecule has 2 aromatic rings. The number of hydrogen-bond acceptors (Lipinski definition) is 3. The smallest absolute Gasteiger partial charge is 0.222 e. The minimum absolute atomic E-state index is 0.216. The lowest BCUT2D eigenvalue weighted by Crippen LogP contribution is -2.35. The number of carbonyl (C=O) groups is 1. The zero-order valence-corrected chi connectivity index (χ0v) is 16.3. The van der Waals surface area contributed by atoms with E-state index in [0.29, 0.717) is 19.1 Å². The van der Waals surface area contributed by atoms with Crippen molar-refractivity contribution in [3.63, 3.8) is 0 Å². The molecule has 2 N–H and O–H groups in total. The maximum Gasteiger partial charge on any atom is 0.222 e. The monoisotopic (exact) mass is 372 g/mol. The summed E-state index contributed by atoms with van der Waals surface area (Å²) in [4.78, 5) is 13.6. The molecule has 1 atom stereocenters. The number of rotatable bonds is 10. The van der Waals surface area contributed by atoms with Crippen molar-refractivity contribution in [2.24, 2.45) is 17.6 Å². The van der Waals surface area contributed by atoms with Crippen LogP contribution in [-0.4, -0.2) is 19.0 Å². The van der Waals surface area contributed by atoms with Crippen LogP contribution in [0.15, 0.2) is 48.5 Å². The Morgan fingerprint density at radius 2 is 1.70 bits per heavy atom. The van der Waals surface area contributed by atoms with Crippen molar-refractivity contribution < 1.29 is 13.9 Å². The van der Waals surface area contributed by atoms with Crippen LogP contribution in [0, 0.1) is 17.7 Å². The highest BCUT2D eigenvalue weighted by molar-refractivity contribution is 5.77. The summed E-state index contributed by atoms with van der Waals surface area (Å²) in [5.41, 5.74) is 7.39. The first-order valence-electron chi connectivity index (χ1n) is 9.36. The number of amides is 1. The Bertz CT molecular complexity index is 714. The molecule has 1 amide bonds. The number of nitrogens with zero attached hydrogens (tertiary/aromatic N) is 1. The Labute approximate surface area is 161 Å². The van der Waals surface area contributed by atoms with Crippen molar-refractivity contribution in [3.05, 3.63) is 59.9 Å². The number of hydrogen-bond donors (Lipinski definition) is 1. The molecule has 1 unspecified atom stereocenters. The van der Waals surface area contributed by atoms with E-state index in [1.165, 1.54) is 12.1 Å². The van der Waals surface area contributed by atoms with Crippen LogP contribution in [0.4, 0.5) is 10.1 Å². The average Bonchev–Trinajstić information content (AvgIpc) is 2.64. The molecule has 146 valence electrons. The predicted octanol–water partition coefficient (Wildman–Crippen LogP) is 4.38. The van der Waals surface area contributed by atoms with E-state index in [2.05, 4.69) is 18.7 Å². The summed E-state index contributed by atoms with van der Waals surface area (Å²) < 4.78 is 18.7. The van der Waals surface area contributed by atoms with E-state index >= 15 is 0 Å². The van der Waals surface area contributed by atoms with Crippen molar-refractivity contribution in [1.82, 2.24) is 0 Å². The Kier molecular flexibility index (Phi) is 7.65. The summed E-state index contributed by atoms with van der Waals surface area (Å²) in [5.74, 6) is 0.565. The molecule has 0 aliphatic heterocycles. The Morgan fingerprint density at radius 3 is 2.26 bits per heavy atom. The van der Waals surface area contributed by atoms with Gasteiger partial charge in [0.2, 0.25) is 5.91 Å². The third kappa shape index (κ3) is 6.93. The van der Waals surface area contributed by atoms with E-state index < -0.39 is 0 Å². The summed E-state index contributed by atoms with van der Waals surface area (Å²) >= 11 is 0. The highest BCUT2D eigenvalue weighted by Gasteiger charge is 2.15. The molecule has 0 spiro atoms. The van der Waals surface area contributed by atoms with Gasteiger partial charge in [-0.3, -0.25) is 4.79 Å². The zero-order chi connectivity index (χ0) is 19.8. The Hall–Kier alpha value is -2.56. The van der Waals surface area contributed by atoms with Crippen molar-refractivity contribution in [2.45, 2.75) is 33.8 Å². The average molecular weight is 372 g/mol. The normalized spacial score (nSPS) is 12.0. The van der Waals surface area contributed by atoms with Crippen LogP contribution in [0.3, 0.4) is 0 Å². The first-order valence-corrected chi connectivity index (χ1v) is 9.36. The maximum atomic E-state index is 12.9. The standard InChI is InChI=1S/C22H29FN2O2/c1-16(2)12-13-25(14-17(3)22(24)26)20-8-10-21(11-9-20)27-15-18-4-6-19(23)7-5-18/h4-11,16-17H,12-15H2,1-3H3,(H2,24,26). The number of halogens is 1. The molecule has 2 aromatic carbocycles. The molecule has 0 bridgehead atoms. The van der Waals surface area contributed by atoms with E-state index in [1.807, 2.05) is 31.2 Å². The first-order chi connectivity index (χ1) is 12.8. The summed E-state index contributed by atoms with van der Waals surface area (Å²) in [7, 11) is 0. The van der Waals surface area contributed by atoms with Gasteiger partial charge in [0.05, 0.1) is 5.92 Å². The topological polar surface area (TPSA) is 55.6 Å². The van der Waals surface area contributed by atoms with Crippen molar-refractivity contribution in [3.8, 4) is 5.75 Å². The fourth-order valence-electron chi connectivity index (χ4n) is 2.66. The van der Waals surface area contributed by atoms with E-state index in [9.17, 15) is 9.18 Å². The second-order valence-corrected chi connectivity index (χ2v) is 7.34. The van der Waals surface area contributed by atoms with Gasteiger partial charge in [0.25, 0.3) is 0 Å². The third-order valence-electron chi connectivity index (χ3n) is 4.48. The fourth-order valence-corrected chi connectivity index (χ4v) is 2.66. The number of carbonyl (C=O) groups excluding carboxylic acids is 1.